The van der Waals surface area contributed by atoms with Gasteiger partial charge in [0.1, 0.15) is 0 Å². The molecule has 28 heavy (non-hydrogen) atoms. The minimum Gasteiger partial charge on any atom is -0.338 e. The normalized spacial score (nSPS) is 23.5. The van der Waals surface area contributed by atoms with E-state index in [4.69, 9.17) is 0 Å². The Morgan fingerprint density at radius 3 is 2.11 bits per heavy atom. The molecular weight excluding hydrogens is 374 g/mol. The van der Waals surface area contributed by atoms with Gasteiger partial charge in [0.2, 0.25) is 5.91 Å². The van der Waals surface area contributed by atoms with E-state index in [1.165, 1.54) is 11.1 Å². The monoisotopic (exact) mass is 405 g/mol. The zero-order valence-corrected chi connectivity index (χ0v) is 17.5. The average Bonchev–Trinajstić information content (AvgIpc) is 2.73. The Balaban J connectivity index is 1.33. The predicted octanol–water partition coefficient (Wildman–Crippen LogP) is 2.26. The van der Waals surface area contributed by atoms with Crippen molar-refractivity contribution in [2.75, 3.05) is 32.7 Å². The topological polar surface area (TPSA) is 60.9 Å². The molecule has 0 atom stereocenters. The lowest BCUT2D eigenvalue weighted by Gasteiger charge is -2.38. The SMILES string of the molecule is CC1CCN(S(=O)(=O)N2CCC(C(=O)N3CCc4ccccc4C3)CC2)CC1. The van der Waals surface area contributed by atoms with Crippen LogP contribution in [0.15, 0.2) is 24.3 Å². The zero-order valence-electron chi connectivity index (χ0n) is 16.7. The van der Waals surface area contributed by atoms with Crippen LogP contribution in [0.5, 0.6) is 0 Å². The molecule has 4 rings (SSSR count). The van der Waals surface area contributed by atoms with Crippen LogP contribution in [0.4, 0.5) is 0 Å². The van der Waals surface area contributed by atoms with Crippen LogP contribution in [-0.4, -0.2) is 60.6 Å². The molecule has 0 N–H and O–H groups in total. The van der Waals surface area contributed by atoms with Crippen LogP contribution in [0.2, 0.25) is 0 Å². The Hall–Kier alpha value is -1.44. The van der Waals surface area contributed by atoms with Crippen molar-refractivity contribution in [3.05, 3.63) is 35.4 Å². The van der Waals surface area contributed by atoms with E-state index in [-0.39, 0.29) is 11.8 Å². The zero-order chi connectivity index (χ0) is 19.7. The first-order valence-corrected chi connectivity index (χ1v) is 12.0. The molecule has 0 spiro atoms. The number of hydrogen-bond acceptors (Lipinski definition) is 3. The van der Waals surface area contributed by atoms with E-state index in [0.717, 1.165) is 25.8 Å². The summed E-state index contributed by atoms with van der Waals surface area (Å²) in [5, 5.41) is 0. The molecule has 2 saturated heterocycles. The predicted molar refractivity (Wildman–Crippen MR) is 109 cm³/mol. The first-order valence-electron chi connectivity index (χ1n) is 10.6. The van der Waals surface area contributed by atoms with Crippen LogP contribution >= 0.6 is 0 Å². The van der Waals surface area contributed by atoms with Crippen molar-refractivity contribution in [3.63, 3.8) is 0 Å². The molecule has 1 aromatic rings. The van der Waals surface area contributed by atoms with E-state index in [2.05, 4.69) is 25.1 Å². The second kappa shape index (κ2) is 8.13. The van der Waals surface area contributed by atoms with Gasteiger partial charge in [-0.3, -0.25) is 4.79 Å². The number of fused-ring (bicyclic) bond motifs is 1. The molecule has 3 aliphatic rings. The van der Waals surface area contributed by atoms with Crippen LogP contribution in [0, 0.1) is 11.8 Å². The summed E-state index contributed by atoms with van der Waals surface area (Å²) >= 11 is 0. The number of amides is 1. The molecule has 154 valence electrons. The third-order valence-corrected chi connectivity index (χ3v) is 8.68. The highest BCUT2D eigenvalue weighted by atomic mass is 32.2. The van der Waals surface area contributed by atoms with Crippen molar-refractivity contribution in [3.8, 4) is 0 Å². The molecule has 0 unspecified atom stereocenters. The summed E-state index contributed by atoms with van der Waals surface area (Å²) in [6, 6.07) is 8.32. The van der Waals surface area contributed by atoms with Crippen molar-refractivity contribution in [1.82, 2.24) is 13.5 Å². The lowest BCUT2D eigenvalue weighted by atomic mass is 9.94. The second-order valence-electron chi connectivity index (χ2n) is 8.54. The second-order valence-corrected chi connectivity index (χ2v) is 10.5. The quantitative estimate of drug-likeness (QED) is 0.775. The highest BCUT2D eigenvalue weighted by Gasteiger charge is 2.37. The fourth-order valence-corrected chi connectivity index (χ4v) is 6.33. The maximum atomic E-state index is 13.0. The Morgan fingerprint density at radius 2 is 1.46 bits per heavy atom. The van der Waals surface area contributed by atoms with Gasteiger partial charge < -0.3 is 4.90 Å². The van der Waals surface area contributed by atoms with Gasteiger partial charge in [-0.15, -0.1) is 0 Å². The highest BCUT2D eigenvalue weighted by molar-refractivity contribution is 7.86. The first kappa shape index (κ1) is 19.9. The molecule has 1 amide bonds. The van der Waals surface area contributed by atoms with Crippen LogP contribution in [0.25, 0.3) is 0 Å². The van der Waals surface area contributed by atoms with Crippen molar-refractivity contribution in [2.45, 2.75) is 45.6 Å². The summed E-state index contributed by atoms with van der Waals surface area (Å²) in [6.07, 6.45) is 4.03. The maximum absolute atomic E-state index is 13.0. The van der Waals surface area contributed by atoms with Gasteiger partial charge in [0, 0.05) is 45.2 Å². The van der Waals surface area contributed by atoms with Crippen LogP contribution in [0.1, 0.15) is 43.7 Å². The Kier molecular flexibility index (Phi) is 5.76. The molecule has 0 radical (unpaired) electrons. The van der Waals surface area contributed by atoms with Gasteiger partial charge in [0.05, 0.1) is 0 Å². The Labute approximate surface area is 168 Å². The van der Waals surface area contributed by atoms with Gasteiger partial charge in [0.15, 0.2) is 0 Å². The van der Waals surface area contributed by atoms with Crippen molar-refractivity contribution >= 4 is 16.1 Å². The van der Waals surface area contributed by atoms with Gasteiger partial charge in [0.25, 0.3) is 10.2 Å². The molecule has 3 aliphatic heterocycles. The summed E-state index contributed by atoms with van der Waals surface area (Å²) in [5.74, 6) is 0.737. The van der Waals surface area contributed by atoms with Crippen LogP contribution < -0.4 is 0 Å². The van der Waals surface area contributed by atoms with Crippen LogP contribution in [0.3, 0.4) is 0 Å². The van der Waals surface area contributed by atoms with Crippen molar-refractivity contribution in [2.24, 2.45) is 11.8 Å². The van der Waals surface area contributed by atoms with Gasteiger partial charge >= 0.3 is 0 Å². The minimum absolute atomic E-state index is 0.0573. The van der Waals surface area contributed by atoms with Gasteiger partial charge in [-0.1, -0.05) is 31.2 Å². The Bertz CT molecular complexity index is 810. The molecule has 0 bridgehead atoms. The third-order valence-electron chi connectivity index (χ3n) is 6.64. The number of rotatable bonds is 3. The number of carbonyl (C=O) groups is 1. The number of benzene rings is 1. The number of hydrogen-bond donors (Lipinski definition) is 0. The summed E-state index contributed by atoms with van der Waals surface area (Å²) in [4.78, 5) is 15.0. The third kappa shape index (κ3) is 3.98. The molecule has 2 fully saturated rings. The van der Waals surface area contributed by atoms with Crippen LogP contribution in [-0.2, 0) is 28.0 Å². The lowest BCUT2D eigenvalue weighted by molar-refractivity contribution is -0.137. The molecule has 0 aliphatic carbocycles. The van der Waals surface area contributed by atoms with E-state index >= 15 is 0 Å². The first-order chi connectivity index (χ1) is 13.4. The summed E-state index contributed by atoms with van der Waals surface area (Å²) < 4.78 is 29.1. The van der Waals surface area contributed by atoms with Gasteiger partial charge in [-0.05, 0) is 49.1 Å². The molecule has 3 heterocycles. The molecule has 6 nitrogen and oxygen atoms in total. The van der Waals surface area contributed by atoms with Crippen molar-refractivity contribution < 1.29 is 13.2 Å². The molecule has 0 saturated carbocycles. The van der Waals surface area contributed by atoms with E-state index < -0.39 is 10.2 Å². The fraction of sp³-hybridized carbons (Fsp3) is 0.667. The maximum Gasteiger partial charge on any atom is 0.281 e. The molecule has 7 heteroatoms. The molecular formula is C21H31N3O3S. The fourth-order valence-electron chi connectivity index (χ4n) is 4.65. The standard InChI is InChI=1S/C21H31N3O3S/c1-17-6-12-23(13-7-17)28(26,27)24-14-9-19(10-15-24)21(25)22-11-8-18-4-2-3-5-20(18)16-22/h2-5,17,19H,6-16H2,1H3. The largest absolute Gasteiger partial charge is 0.338 e. The highest BCUT2D eigenvalue weighted by Crippen LogP contribution is 2.28. The van der Waals surface area contributed by atoms with Crippen molar-refractivity contribution in [1.29, 1.82) is 0 Å². The Morgan fingerprint density at radius 1 is 0.893 bits per heavy atom. The summed E-state index contributed by atoms with van der Waals surface area (Å²) in [7, 11) is -3.38. The number of piperidine rings is 2. The summed E-state index contributed by atoms with van der Waals surface area (Å²) in [5.41, 5.74) is 2.57. The van der Waals surface area contributed by atoms with E-state index in [1.54, 1.807) is 8.61 Å². The van der Waals surface area contributed by atoms with E-state index in [0.29, 0.717) is 51.5 Å². The minimum atomic E-state index is -3.38. The van der Waals surface area contributed by atoms with Gasteiger partial charge in [-0.25, -0.2) is 0 Å². The lowest BCUT2D eigenvalue weighted by Crippen LogP contribution is -2.51. The molecule has 0 aromatic heterocycles. The van der Waals surface area contributed by atoms with E-state index in [9.17, 15) is 13.2 Å². The smallest absolute Gasteiger partial charge is 0.281 e. The van der Waals surface area contributed by atoms with Gasteiger partial charge in [-0.2, -0.15) is 17.0 Å². The van der Waals surface area contributed by atoms with E-state index in [1.807, 2.05) is 11.0 Å². The number of nitrogens with zero attached hydrogens (tertiary/aromatic N) is 3. The average molecular weight is 406 g/mol. The molecule has 1 aromatic carbocycles. The number of carbonyl (C=O) groups excluding carboxylic acids is 1. The summed E-state index contributed by atoms with van der Waals surface area (Å²) in [6.45, 7) is 5.77.